The molecular formula is C13H17N3OS2. The third-order valence-corrected chi connectivity index (χ3v) is 5.32. The SMILES string of the molecule is Cc1nnc(CSCc2csc(C3CCCC3)n2)o1. The minimum absolute atomic E-state index is 0.632. The lowest BCUT2D eigenvalue weighted by Crippen LogP contribution is -1.92. The molecule has 2 aromatic heterocycles. The zero-order valence-corrected chi connectivity index (χ0v) is 12.6. The van der Waals surface area contributed by atoms with E-state index >= 15 is 0 Å². The van der Waals surface area contributed by atoms with Gasteiger partial charge in [0.1, 0.15) is 0 Å². The van der Waals surface area contributed by atoms with Gasteiger partial charge in [-0.3, -0.25) is 0 Å². The first kappa shape index (κ1) is 13.1. The fraction of sp³-hybridized carbons (Fsp3) is 0.615. The van der Waals surface area contributed by atoms with Gasteiger partial charge in [0.15, 0.2) is 0 Å². The largest absolute Gasteiger partial charge is 0.425 e. The Bertz CT molecular complexity index is 531. The van der Waals surface area contributed by atoms with Crippen molar-refractivity contribution in [1.29, 1.82) is 0 Å². The number of nitrogens with zero attached hydrogens (tertiary/aromatic N) is 3. The molecule has 0 atom stereocenters. The van der Waals surface area contributed by atoms with Gasteiger partial charge in [-0.25, -0.2) is 4.98 Å². The molecular weight excluding hydrogens is 278 g/mol. The van der Waals surface area contributed by atoms with Gasteiger partial charge in [0.2, 0.25) is 11.8 Å². The Morgan fingerprint density at radius 1 is 1.32 bits per heavy atom. The Kier molecular flexibility index (Phi) is 4.18. The first-order chi connectivity index (χ1) is 9.31. The summed E-state index contributed by atoms with van der Waals surface area (Å²) in [5, 5.41) is 11.3. The van der Waals surface area contributed by atoms with Gasteiger partial charge in [-0.15, -0.1) is 33.3 Å². The highest BCUT2D eigenvalue weighted by molar-refractivity contribution is 7.97. The van der Waals surface area contributed by atoms with Gasteiger partial charge in [0, 0.05) is 24.0 Å². The van der Waals surface area contributed by atoms with E-state index in [1.165, 1.54) is 36.4 Å². The maximum atomic E-state index is 5.35. The minimum atomic E-state index is 0.632. The van der Waals surface area contributed by atoms with Crippen molar-refractivity contribution in [2.24, 2.45) is 0 Å². The number of aryl methyl sites for hydroxylation is 1. The first-order valence-electron chi connectivity index (χ1n) is 6.62. The molecule has 0 amide bonds. The molecule has 1 saturated carbocycles. The van der Waals surface area contributed by atoms with Crippen LogP contribution in [-0.4, -0.2) is 15.2 Å². The summed E-state index contributed by atoms with van der Waals surface area (Å²) in [4.78, 5) is 4.76. The second kappa shape index (κ2) is 6.05. The molecule has 3 rings (SSSR count). The van der Waals surface area contributed by atoms with Crippen LogP contribution in [0.4, 0.5) is 0 Å². The molecule has 0 aromatic carbocycles. The molecule has 6 heteroatoms. The molecule has 2 heterocycles. The van der Waals surface area contributed by atoms with Gasteiger partial charge in [-0.1, -0.05) is 12.8 Å². The Morgan fingerprint density at radius 3 is 2.89 bits per heavy atom. The molecule has 0 aliphatic heterocycles. The molecule has 0 N–H and O–H groups in total. The fourth-order valence-electron chi connectivity index (χ4n) is 2.39. The van der Waals surface area contributed by atoms with Gasteiger partial charge in [-0.05, 0) is 12.8 Å². The lowest BCUT2D eigenvalue weighted by molar-refractivity contribution is 0.485. The zero-order chi connectivity index (χ0) is 13.1. The summed E-state index contributed by atoms with van der Waals surface area (Å²) in [5.74, 6) is 3.74. The van der Waals surface area contributed by atoms with E-state index in [0.29, 0.717) is 11.8 Å². The van der Waals surface area contributed by atoms with Crippen molar-refractivity contribution in [2.45, 2.75) is 50.0 Å². The van der Waals surface area contributed by atoms with Crippen LogP contribution in [0.5, 0.6) is 0 Å². The van der Waals surface area contributed by atoms with Crippen molar-refractivity contribution in [3.8, 4) is 0 Å². The molecule has 1 fully saturated rings. The number of aromatic nitrogens is 3. The van der Waals surface area contributed by atoms with Crippen LogP contribution in [0.15, 0.2) is 9.80 Å². The Labute approximate surface area is 121 Å². The molecule has 0 spiro atoms. The Balaban J connectivity index is 1.50. The Hall–Kier alpha value is -0.880. The van der Waals surface area contributed by atoms with Crippen molar-refractivity contribution in [3.63, 3.8) is 0 Å². The van der Waals surface area contributed by atoms with Crippen LogP contribution >= 0.6 is 23.1 Å². The van der Waals surface area contributed by atoms with Crippen molar-refractivity contribution in [2.75, 3.05) is 0 Å². The average Bonchev–Trinajstić information content (AvgIpc) is 3.09. The standard InChI is InChI=1S/C13H17N3OS2/c1-9-15-16-12(17-9)8-18-6-11-7-19-13(14-11)10-4-2-3-5-10/h7,10H,2-6,8H2,1H3. The molecule has 19 heavy (non-hydrogen) atoms. The van der Waals surface area contributed by atoms with E-state index in [1.54, 1.807) is 11.8 Å². The molecule has 2 aromatic rings. The van der Waals surface area contributed by atoms with Gasteiger partial charge in [0.25, 0.3) is 0 Å². The molecule has 102 valence electrons. The fourth-order valence-corrected chi connectivity index (χ4v) is 4.23. The van der Waals surface area contributed by atoms with E-state index in [2.05, 4.69) is 15.6 Å². The van der Waals surface area contributed by atoms with Crippen molar-refractivity contribution in [3.05, 3.63) is 27.9 Å². The number of hydrogen-bond acceptors (Lipinski definition) is 6. The summed E-state index contributed by atoms with van der Waals surface area (Å²) in [5.41, 5.74) is 1.19. The highest BCUT2D eigenvalue weighted by atomic mass is 32.2. The zero-order valence-electron chi connectivity index (χ0n) is 11.0. The third-order valence-electron chi connectivity index (χ3n) is 3.32. The summed E-state index contributed by atoms with van der Waals surface area (Å²) in [7, 11) is 0. The lowest BCUT2D eigenvalue weighted by Gasteiger charge is -2.02. The van der Waals surface area contributed by atoms with Gasteiger partial charge >= 0.3 is 0 Å². The Morgan fingerprint density at radius 2 is 2.16 bits per heavy atom. The van der Waals surface area contributed by atoms with E-state index in [9.17, 15) is 0 Å². The van der Waals surface area contributed by atoms with Crippen molar-refractivity contribution < 1.29 is 4.42 Å². The molecule has 0 radical (unpaired) electrons. The summed E-state index contributed by atoms with van der Waals surface area (Å²) in [6, 6.07) is 0. The first-order valence-corrected chi connectivity index (χ1v) is 8.66. The number of rotatable bonds is 5. The lowest BCUT2D eigenvalue weighted by atomic mass is 10.1. The highest BCUT2D eigenvalue weighted by Crippen LogP contribution is 2.36. The number of thioether (sulfide) groups is 1. The van der Waals surface area contributed by atoms with E-state index in [1.807, 2.05) is 18.3 Å². The predicted octanol–water partition coefficient (Wildman–Crippen LogP) is 3.93. The van der Waals surface area contributed by atoms with Crippen LogP contribution in [0.1, 0.15) is 54.1 Å². The molecule has 0 saturated heterocycles. The topological polar surface area (TPSA) is 51.8 Å². The average molecular weight is 295 g/mol. The molecule has 4 nitrogen and oxygen atoms in total. The van der Waals surface area contributed by atoms with Crippen LogP contribution in [-0.2, 0) is 11.5 Å². The maximum Gasteiger partial charge on any atom is 0.226 e. The monoisotopic (exact) mass is 295 g/mol. The third kappa shape index (κ3) is 3.36. The summed E-state index contributed by atoms with van der Waals surface area (Å²) < 4.78 is 5.35. The maximum absolute atomic E-state index is 5.35. The highest BCUT2D eigenvalue weighted by Gasteiger charge is 2.20. The molecule has 1 aliphatic rings. The van der Waals surface area contributed by atoms with Crippen LogP contribution < -0.4 is 0 Å². The number of hydrogen-bond donors (Lipinski definition) is 0. The van der Waals surface area contributed by atoms with Crippen molar-refractivity contribution >= 4 is 23.1 Å². The predicted molar refractivity (Wildman–Crippen MR) is 77.4 cm³/mol. The number of thiazole rings is 1. The van der Waals surface area contributed by atoms with Gasteiger partial charge in [0.05, 0.1) is 16.5 Å². The van der Waals surface area contributed by atoms with E-state index in [0.717, 1.165) is 17.4 Å². The van der Waals surface area contributed by atoms with Crippen LogP contribution in [0, 0.1) is 6.92 Å². The van der Waals surface area contributed by atoms with Crippen molar-refractivity contribution in [1.82, 2.24) is 15.2 Å². The molecule has 1 aliphatic carbocycles. The van der Waals surface area contributed by atoms with Crippen LogP contribution in [0.2, 0.25) is 0 Å². The second-order valence-corrected chi connectivity index (χ2v) is 6.74. The van der Waals surface area contributed by atoms with E-state index < -0.39 is 0 Å². The molecule has 0 bridgehead atoms. The van der Waals surface area contributed by atoms with E-state index in [-0.39, 0.29) is 0 Å². The van der Waals surface area contributed by atoms with Gasteiger partial charge < -0.3 is 4.42 Å². The quantitative estimate of drug-likeness (QED) is 0.836. The minimum Gasteiger partial charge on any atom is -0.425 e. The smallest absolute Gasteiger partial charge is 0.226 e. The molecule has 0 unspecified atom stereocenters. The summed E-state index contributed by atoms with van der Waals surface area (Å²) in [6.07, 6.45) is 5.37. The van der Waals surface area contributed by atoms with Gasteiger partial charge in [-0.2, -0.15) is 0 Å². The second-order valence-electron chi connectivity index (χ2n) is 4.87. The summed E-state index contributed by atoms with van der Waals surface area (Å²) >= 11 is 3.60. The van der Waals surface area contributed by atoms with Crippen LogP contribution in [0.25, 0.3) is 0 Å². The normalized spacial score (nSPS) is 16.3. The van der Waals surface area contributed by atoms with E-state index in [4.69, 9.17) is 9.40 Å². The van der Waals surface area contributed by atoms with Crippen LogP contribution in [0.3, 0.4) is 0 Å². The summed E-state index contributed by atoms with van der Waals surface area (Å²) in [6.45, 7) is 1.81.